The van der Waals surface area contributed by atoms with Crippen LogP contribution in [0.2, 0.25) is 0 Å². The Hall–Kier alpha value is -5.67. The number of hydrogen-bond donors (Lipinski definition) is 2. The van der Waals surface area contributed by atoms with E-state index in [0.717, 1.165) is 12.1 Å². The SMILES string of the molecule is C=C(/C=C\C=N)/C(N)=C/C=C\Cc1ccc2c3ccc4cc(-c5cccc(/C=C/C)c5)ccc4c3n(-c3ccccc3)c2c1. The second-order valence-electron chi connectivity index (χ2n) is 10.9. The Morgan fingerprint density at radius 1 is 0.818 bits per heavy atom. The van der Waals surface area contributed by atoms with Gasteiger partial charge in [0.15, 0.2) is 0 Å². The predicted octanol–water partition coefficient (Wildman–Crippen LogP) is 10.3. The summed E-state index contributed by atoms with van der Waals surface area (Å²) in [5, 5.41) is 12.1. The molecule has 0 fully saturated rings. The van der Waals surface area contributed by atoms with Crippen LogP contribution < -0.4 is 5.73 Å². The summed E-state index contributed by atoms with van der Waals surface area (Å²) in [6.07, 6.45) is 15.5. The first kappa shape index (κ1) is 28.4. The van der Waals surface area contributed by atoms with E-state index in [1.165, 1.54) is 61.0 Å². The number of rotatable bonds is 9. The molecular formula is C41H35N3. The van der Waals surface area contributed by atoms with Crippen LogP contribution in [0.5, 0.6) is 0 Å². The number of fused-ring (bicyclic) bond motifs is 5. The second-order valence-corrected chi connectivity index (χ2v) is 10.9. The average Bonchev–Trinajstić information content (AvgIpc) is 3.40. The summed E-state index contributed by atoms with van der Waals surface area (Å²) in [5.41, 5.74) is 15.8. The number of nitrogens with two attached hydrogens (primary N) is 1. The van der Waals surface area contributed by atoms with Gasteiger partial charge in [0, 0.05) is 33.8 Å². The minimum atomic E-state index is 0.583. The van der Waals surface area contributed by atoms with E-state index < -0.39 is 0 Å². The van der Waals surface area contributed by atoms with Gasteiger partial charge >= 0.3 is 0 Å². The van der Waals surface area contributed by atoms with E-state index in [-0.39, 0.29) is 0 Å². The molecule has 0 radical (unpaired) electrons. The number of para-hydroxylation sites is 1. The standard InChI is InChI=1S/C41H35N3/c1-3-11-30-14-9-15-32(26-30)33-20-23-36-34(28-33)21-24-38-37-22-19-31(13-7-8-18-39(43)29(2)12-10-25-42)27-40(37)44(41(36)38)35-16-5-4-6-17-35/h3-12,14-28,42H,2,13,43H2,1H3/b8-7-,11-3+,12-10-,39-18-,42-25?. The van der Waals surface area contributed by atoms with Crippen LogP contribution in [0.1, 0.15) is 18.1 Å². The van der Waals surface area contributed by atoms with E-state index >= 15 is 0 Å². The van der Waals surface area contributed by atoms with Gasteiger partial charge in [-0.3, -0.25) is 0 Å². The van der Waals surface area contributed by atoms with Crippen LogP contribution in [0, 0.1) is 5.41 Å². The molecule has 44 heavy (non-hydrogen) atoms. The minimum absolute atomic E-state index is 0.583. The van der Waals surface area contributed by atoms with E-state index in [1.807, 2.05) is 19.1 Å². The normalized spacial score (nSPS) is 12.4. The molecule has 6 rings (SSSR count). The highest BCUT2D eigenvalue weighted by Gasteiger charge is 2.16. The van der Waals surface area contributed by atoms with E-state index in [4.69, 9.17) is 11.1 Å². The third-order valence-corrected chi connectivity index (χ3v) is 7.93. The number of aromatic nitrogens is 1. The molecule has 1 aromatic heterocycles. The summed E-state index contributed by atoms with van der Waals surface area (Å²) in [5.74, 6) is 0. The highest BCUT2D eigenvalue weighted by molar-refractivity contribution is 6.19. The molecule has 0 unspecified atom stereocenters. The van der Waals surface area contributed by atoms with Gasteiger partial charge in [-0.05, 0) is 89.0 Å². The zero-order valence-corrected chi connectivity index (χ0v) is 24.9. The molecule has 0 aliphatic rings. The largest absolute Gasteiger partial charge is 0.398 e. The third-order valence-electron chi connectivity index (χ3n) is 7.93. The Bertz CT molecular complexity index is 2140. The topological polar surface area (TPSA) is 54.8 Å². The summed E-state index contributed by atoms with van der Waals surface area (Å²) in [7, 11) is 0. The molecule has 0 saturated heterocycles. The van der Waals surface area contributed by atoms with E-state index in [9.17, 15) is 0 Å². The maximum atomic E-state index is 7.13. The predicted molar refractivity (Wildman–Crippen MR) is 191 cm³/mol. The molecule has 0 spiro atoms. The lowest BCUT2D eigenvalue weighted by atomic mass is 9.98. The molecule has 3 N–H and O–H groups in total. The molecule has 0 aliphatic heterocycles. The Morgan fingerprint density at radius 2 is 1.61 bits per heavy atom. The van der Waals surface area contributed by atoms with Crippen LogP contribution in [-0.4, -0.2) is 10.8 Å². The van der Waals surface area contributed by atoms with Crippen molar-refractivity contribution < 1.29 is 0 Å². The van der Waals surface area contributed by atoms with Crippen molar-refractivity contribution in [2.45, 2.75) is 13.3 Å². The fraction of sp³-hybridized carbons (Fsp3) is 0.0488. The van der Waals surface area contributed by atoms with Crippen molar-refractivity contribution in [3.05, 3.63) is 169 Å². The molecule has 5 aromatic carbocycles. The molecule has 1 heterocycles. The lowest BCUT2D eigenvalue weighted by molar-refractivity contribution is 1.18. The van der Waals surface area contributed by atoms with Crippen LogP contribution in [0.15, 0.2) is 157 Å². The Labute approximate surface area is 258 Å². The second kappa shape index (κ2) is 12.7. The molecule has 0 bridgehead atoms. The molecule has 3 heteroatoms. The van der Waals surface area contributed by atoms with Gasteiger partial charge in [0.2, 0.25) is 0 Å². The number of nitrogens with one attached hydrogen (secondary N) is 1. The third kappa shape index (κ3) is 5.68. The van der Waals surface area contributed by atoms with Gasteiger partial charge in [0.05, 0.1) is 11.0 Å². The van der Waals surface area contributed by atoms with Gasteiger partial charge in [0.25, 0.3) is 0 Å². The monoisotopic (exact) mass is 569 g/mol. The molecule has 0 saturated carbocycles. The van der Waals surface area contributed by atoms with Crippen molar-refractivity contribution in [1.29, 1.82) is 5.41 Å². The number of benzene rings is 5. The molecule has 214 valence electrons. The van der Waals surface area contributed by atoms with Crippen molar-refractivity contribution in [3.63, 3.8) is 0 Å². The van der Waals surface area contributed by atoms with Gasteiger partial charge in [-0.1, -0.05) is 110 Å². The molecule has 6 aromatic rings. The average molecular weight is 570 g/mol. The fourth-order valence-electron chi connectivity index (χ4n) is 5.79. The molecular weight excluding hydrogens is 534 g/mol. The zero-order chi connectivity index (χ0) is 30.5. The maximum Gasteiger partial charge on any atom is 0.0619 e. The van der Waals surface area contributed by atoms with Crippen LogP contribution in [0.3, 0.4) is 0 Å². The van der Waals surface area contributed by atoms with Crippen LogP contribution in [0.25, 0.3) is 55.5 Å². The highest BCUT2D eigenvalue weighted by Crippen LogP contribution is 2.38. The van der Waals surface area contributed by atoms with Gasteiger partial charge in [-0.25, -0.2) is 0 Å². The number of allylic oxidation sites excluding steroid dienone is 6. The highest BCUT2D eigenvalue weighted by atomic mass is 15.0. The molecule has 0 amide bonds. The van der Waals surface area contributed by atoms with Gasteiger partial charge < -0.3 is 15.7 Å². The molecule has 0 aliphatic carbocycles. The summed E-state index contributed by atoms with van der Waals surface area (Å²) in [6, 6.07) is 37.4. The first-order valence-corrected chi connectivity index (χ1v) is 14.8. The van der Waals surface area contributed by atoms with Crippen LogP contribution in [-0.2, 0) is 6.42 Å². The lowest BCUT2D eigenvalue weighted by Crippen LogP contribution is -1.97. The van der Waals surface area contributed by atoms with Gasteiger partial charge in [0.1, 0.15) is 0 Å². The Morgan fingerprint density at radius 3 is 2.43 bits per heavy atom. The smallest absolute Gasteiger partial charge is 0.0619 e. The van der Waals surface area contributed by atoms with Crippen LogP contribution >= 0.6 is 0 Å². The summed E-state index contributed by atoms with van der Waals surface area (Å²) in [4.78, 5) is 0. The van der Waals surface area contributed by atoms with Crippen molar-refractivity contribution in [3.8, 4) is 16.8 Å². The number of hydrogen-bond acceptors (Lipinski definition) is 2. The lowest BCUT2D eigenvalue weighted by Gasteiger charge is -2.11. The van der Waals surface area contributed by atoms with E-state index in [1.54, 1.807) is 12.2 Å². The van der Waals surface area contributed by atoms with Gasteiger partial charge in [-0.15, -0.1) is 0 Å². The first-order chi connectivity index (χ1) is 21.6. The zero-order valence-electron chi connectivity index (χ0n) is 24.9. The van der Waals surface area contributed by atoms with Gasteiger partial charge in [-0.2, -0.15) is 0 Å². The Balaban J connectivity index is 1.45. The first-order valence-electron chi connectivity index (χ1n) is 14.8. The van der Waals surface area contributed by atoms with Crippen molar-refractivity contribution >= 4 is 44.9 Å². The quantitative estimate of drug-likeness (QED) is 0.132. The van der Waals surface area contributed by atoms with Crippen LogP contribution in [0.4, 0.5) is 0 Å². The minimum Gasteiger partial charge on any atom is -0.398 e. The maximum absolute atomic E-state index is 7.13. The van der Waals surface area contributed by atoms with Crippen molar-refractivity contribution in [2.24, 2.45) is 5.73 Å². The molecule has 3 nitrogen and oxygen atoms in total. The van der Waals surface area contributed by atoms with E-state index in [2.05, 4.69) is 133 Å². The Kier molecular flexibility index (Phi) is 8.20. The molecule has 0 atom stereocenters. The summed E-state index contributed by atoms with van der Waals surface area (Å²) < 4.78 is 2.41. The summed E-state index contributed by atoms with van der Waals surface area (Å²) in [6.45, 7) is 6.00. The van der Waals surface area contributed by atoms with Crippen molar-refractivity contribution in [1.82, 2.24) is 4.57 Å². The van der Waals surface area contributed by atoms with Crippen molar-refractivity contribution in [2.75, 3.05) is 0 Å². The summed E-state index contributed by atoms with van der Waals surface area (Å²) >= 11 is 0. The number of nitrogens with zero attached hydrogens (tertiary/aromatic N) is 1. The fourth-order valence-corrected chi connectivity index (χ4v) is 5.79. The van der Waals surface area contributed by atoms with E-state index in [0.29, 0.717) is 11.3 Å².